The van der Waals surface area contributed by atoms with E-state index < -0.39 is 23.2 Å². The lowest BCUT2D eigenvalue weighted by atomic mass is 9.92. The Morgan fingerprint density at radius 1 is 1.20 bits per heavy atom. The Morgan fingerprint density at radius 3 is 2.49 bits per heavy atom. The summed E-state index contributed by atoms with van der Waals surface area (Å²) >= 11 is 2.15. The maximum Gasteiger partial charge on any atom is 0.417 e. The second-order valence-electron chi connectivity index (χ2n) is 11.3. The van der Waals surface area contributed by atoms with Crippen LogP contribution in [0.15, 0.2) is 40.5 Å². The number of halogens is 4. The van der Waals surface area contributed by atoms with Crippen LogP contribution in [0.3, 0.4) is 0 Å². The molecule has 1 N–H and O–H groups in total. The Bertz CT molecular complexity index is 2000. The first-order valence-electron chi connectivity index (χ1n) is 14.2. The molecule has 1 fully saturated rings. The number of benzene rings is 2. The van der Waals surface area contributed by atoms with Crippen molar-refractivity contribution in [1.29, 1.82) is 5.26 Å². The molecule has 0 bridgehead atoms. The third-order valence-electron chi connectivity index (χ3n) is 8.41. The Kier molecular flexibility index (Phi) is 7.60. The number of rotatable bonds is 4. The maximum absolute atomic E-state index is 15.1. The number of alkyl halides is 3. The van der Waals surface area contributed by atoms with Gasteiger partial charge in [-0.05, 0) is 44.5 Å². The van der Waals surface area contributed by atoms with E-state index in [-0.39, 0.29) is 80.0 Å². The third kappa shape index (κ3) is 4.75. The van der Waals surface area contributed by atoms with Crippen molar-refractivity contribution in [2.45, 2.75) is 50.0 Å². The van der Waals surface area contributed by atoms with E-state index in [1.165, 1.54) is 28.5 Å². The largest absolute Gasteiger partial charge is 0.417 e. The van der Waals surface area contributed by atoms with Gasteiger partial charge in [-0.15, -0.1) is 23.1 Å². The molecule has 1 amide bonds. The maximum atomic E-state index is 15.1. The molecule has 1 unspecified atom stereocenters. The molecule has 0 saturated carbocycles. The van der Waals surface area contributed by atoms with Gasteiger partial charge in [0.1, 0.15) is 22.7 Å². The zero-order chi connectivity index (χ0) is 32.5. The van der Waals surface area contributed by atoms with E-state index in [1.54, 1.807) is 23.8 Å². The van der Waals surface area contributed by atoms with Crippen LogP contribution in [-0.4, -0.2) is 58.3 Å². The number of fused-ring (bicyclic) bond motifs is 1. The smallest absolute Gasteiger partial charge is 0.379 e. The van der Waals surface area contributed by atoms with Gasteiger partial charge in [0, 0.05) is 65.2 Å². The number of piperazine rings is 1. The summed E-state index contributed by atoms with van der Waals surface area (Å²) in [6, 6.07) is 4.41. The van der Waals surface area contributed by atoms with Crippen LogP contribution in [0.25, 0.3) is 32.1 Å². The van der Waals surface area contributed by atoms with Crippen LogP contribution in [0.5, 0.6) is 0 Å². The molecular weight excluding hydrogens is 629 g/mol. The van der Waals surface area contributed by atoms with Crippen molar-refractivity contribution in [2.75, 3.05) is 36.1 Å². The minimum absolute atomic E-state index is 0.0457. The molecular formula is C31H28F4N6O2S2. The number of thiophene rings is 1. The molecule has 14 heteroatoms. The normalized spacial score (nSPS) is 20.0. The molecule has 4 aromatic rings. The summed E-state index contributed by atoms with van der Waals surface area (Å²) in [4.78, 5) is 34.2. The summed E-state index contributed by atoms with van der Waals surface area (Å²) in [7, 11) is 1.56. The van der Waals surface area contributed by atoms with Gasteiger partial charge in [-0.25, -0.2) is 9.18 Å². The van der Waals surface area contributed by atoms with Gasteiger partial charge in [0.25, 0.3) is 0 Å². The molecule has 6 rings (SSSR count). The zero-order valence-corrected chi connectivity index (χ0v) is 26.4. The average molecular weight is 657 g/mol. The predicted octanol–water partition coefficient (Wildman–Crippen LogP) is 6.63. The van der Waals surface area contributed by atoms with Crippen molar-refractivity contribution in [3.8, 4) is 17.2 Å². The van der Waals surface area contributed by atoms with Crippen LogP contribution in [0.2, 0.25) is 0 Å². The fourth-order valence-electron chi connectivity index (χ4n) is 6.62. The molecule has 0 radical (unpaired) electrons. The summed E-state index contributed by atoms with van der Waals surface area (Å²) in [5, 5.41) is 13.5. The summed E-state index contributed by atoms with van der Waals surface area (Å²) < 4.78 is 62.0. The van der Waals surface area contributed by atoms with Gasteiger partial charge in [-0.2, -0.15) is 23.4 Å². The third-order valence-corrected chi connectivity index (χ3v) is 11.0. The standard InChI is InChI=1S/C31H28F4N6O2S2/c1-6-22(42)40-14(2)11-39(12-15(40)3)28-18-9-20(31(33,34)35)24(27-25(18)41(30(43)38-28)16(4)13-44-27)17-7-8-21(32)26-23(17)19(10-36)29(37-5)45-26/h6-9,14-16,37H,1,11-13H2,2-5H3/t14-,15+,16?. The van der Waals surface area contributed by atoms with Crippen molar-refractivity contribution in [3.05, 3.63) is 58.3 Å². The quantitative estimate of drug-likeness (QED) is 0.195. The first kappa shape index (κ1) is 30.9. The van der Waals surface area contributed by atoms with Gasteiger partial charge in [-0.3, -0.25) is 9.36 Å². The number of amides is 1. The number of thioether (sulfide) groups is 1. The topological polar surface area (TPSA) is 94.3 Å². The Morgan fingerprint density at radius 2 is 1.89 bits per heavy atom. The van der Waals surface area contributed by atoms with Crippen LogP contribution in [0, 0.1) is 17.1 Å². The number of aromatic nitrogens is 2. The van der Waals surface area contributed by atoms with E-state index in [9.17, 15) is 14.9 Å². The summed E-state index contributed by atoms with van der Waals surface area (Å²) in [5.74, 6) is -0.499. The van der Waals surface area contributed by atoms with Crippen molar-refractivity contribution < 1.29 is 22.4 Å². The number of carbonyl (C=O) groups is 1. The van der Waals surface area contributed by atoms with E-state index in [2.05, 4.69) is 16.9 Å². The molecule has 2 aliphatic heterocycles. The Balaban J connectivity index is 1.71. The molecule has 234 valence electrons. The Hall–Kier alpha value is -4.09. The molecule has 0 spiro atoms. The van der Waals surface area contributed by atoms with Crippen molar-refractivity contribution in [3.63, 3.8) is 0 Å². The van der Waals surface area contributed by atoms with Crippen LogP contribution in [-0.2, 0) is 11.0 Å². The number of nitriles is 1. The fourth-order valence-corrected chi connectivity index (χ4v) is 8.92. The van der Waals surface area contributed by atoms with Crippen LogP contribution >= 0.6 is 23.1 Å². The second kappa shape index (κ2) is 11.1. The Labute approximate surface area is 263 Å². The van der Waals surface area contributed by atoms with Crippen LogP contribution in [0.1, 0.15) is 37.9 Å². The van der Waals surface area contributed by atoms with Gasteiger partial charge in [-0.1, -0.05) is 12.6 Å². The van der Waals surface area contributed by atoms with E-state index in [0.29, 0.717) is 16.3 Å². The lowest BCUT2D eigenvalue weighted by Gasteiger charge is -2.45. The molecule has 2 aliphatic rings. The lowest BCUT2D eigenvalue weighted by Crippen LogP contribution is -2.58. The number of carbonyl (C=O) groups excluding carboxylic acids is 1. The van der Waals surface area contributed by atoms with Crippen molar-refractivity contribution >= 4 is 60.8 Å². The second-order valence-corrected chi connectivity index (χ2v) is 13.3. The monoisotopic (exact) mass is 656 g/mol. The number of hydrogen-bond acceptors (Lipinski definition) is 8. The number of nitrogens with zero attached hydrogens (tertiary/aromatic N) is 5. The van der Waals surface area contributed by atoms with E-state index >= 15 is 17.6 Å². The van der Waals surface area contributed by atoms with E-state index in [0.717, 1.165) is 23.5 Å². The van der Waals surface area contributed by atoms with Gasteiger partial charge >= 0.3 is 11.9 Å². The molecule has 2 aromatic carbocycles. The van der Waals surface area contributed by atoms with Gasteiger partial charge in [0.2, 0.25) is 5.91 Å². The molecule has 1 saturated heterocycles. The number of anilines is 2. The SMILES string of the molecule is C=CC(=O)N1[C@H](C)CN(c2nc(=O)n3c4c(c(-c5ccc(F)c6sc(NC)c(C#N)c56)c(C(F)(F)F)cc24)SCC3C)C[C@@H]1C. The van der Waals surface area contributed by atoms with E-state index in [1.807, 2.05) is 19.9 Å². The molecule has 4 heterocycles. The molecule has 2 aromatic heterocycles. The number of hydrogen-bond donors (Lipinski definition) is 1. The van der Waals surface area contributed by atoms with Gasteiger partial charge < -0.3 is 15.1 Å². The summed E-state index contributed by atoms with van der Waals surface area (Å²) in [6.07, 6.45) is -3.63. The highest BCUT2D eigenvalue weighted by Gasteiger charge is 2.41. The van der Waals surface area contributed by atoms with E-state index in [4.69, 9.17) is 0 Å². The van der Waals surface area contributed by atoms with Crippen molar-refractivity contribution in [1.82, 2.24) is 14.5 Å². The molecule has 0 aliphatic carbocycles. The number of nitrogens with one attached hydrogen (secondary N) is 1. The first-order chi connectivity index (χ1) is 21.3. The zero-order valence-electron chi connectivity index (χ0n) is 24.8. The lowest BCUT2D eigenvalue weighted by molar-refractivity contribution is -0.137. The summed E-state index contributed by atoms with van der Waals surface area (Å²) in [5.41, 5.74) is -1.37. The van der Waals surface area contributed by atoms with Crippen molar-refractivity contribution in [2.24, 2.45) is 0 Å². The fraction of sp³-hybridized carbons (Fsp3) is 0.355. The minimum Gasteiger partial charge on any atom is -0.379 e. The molecule has 8 nitrogen and oxygen atoms in total. The highest BCUT2D eigenvalue weighted by molar-refractivity contribution is 7.99. The minimum atomic E-state index is -4.85. The van der Waals surface area contributed by atoms with Gasteiger partial charge in [0.05, 0.1) is 21.3 Å². The average Bonchev–Trinajstić information content (AvgIpc) is 3.38. The van der Waals surface area contributed by atoms with Crippen LogP contribution in [0.4, 0.5) is 28.4 Å². The predicted molar refractivity (Wildman–Crippen MR) is 170 cm³/mol. The van der Waals surface area contributed by atoms with Gasteiger partial charge in [0.15, 0.2) is 0 Å². The molecule has 45 heavy (non-hydrogen) atoms. The molecule has 3 atom stereocenters. The first-order valence-corrected chi connectivity index (χ1v) is 16.0. The highest BCUT2D eigenvalue weighted by Crippen LogP contribution is 2.52. The summed E-state index contributed by atoms with van der Waals surface area (Å²) in [6.45, 7) is 9.51. The van der Waals surface area contributed by atoms with Crippen LogP contribution < -0.4 is 15.9 Å². The highest BCUT2D eigenvalue weighted by atomic mass is 32.2.